The van der Waals surface area contributed by atoms with E-state index in [1.165, 1.54) is 0 Å². The third-order valence-corrected chi connectivity index (χ3v) is 5.68. The van der Waals surface area contributed by atoms with Crippen molar-refractivity contribution >= 4 is 5.91 Å². The Labute approximate surface area is 145 Å². The molecule has 1 amide bonds. The minimum Gasteiger partial charge on any atom is -0.338 e. The van der Waals surface area contributed by atoms with Gasteiger partial charge >= 0.3 is 0 Å². The number of piperidine rings is 1. The summed E-state index contributed by atoms with van der Waals surface area (Å²) in [5.74, 6) is 1.97. The lowest BCUT2D eigenvalue weighted by molar-refractivity contribution is -0.136. The number of likely N-dealkylation sites (tertiary alicyclic amines) is 1. The molecule has 0 aromatic carbocycles. The largest absolute Gasteiger partial charge is 0.338 e. The molecule has 5 nitrogen and oxygen atoms in total. The number of aromatic nitrogens is 2. The zero-order valence-electron chi connectivity index (χ0n) is 15.3. The highest BCUT2D eigenvalue weighted by molar-refractivity contribution is 5.79. The van der Waals surface area contributed by atoms with Crippen molar-refractivity contribution in [1.82, 2.24) is 19.8 Å². The van der Waals surface area contributed by atoms with Crippen LogP contribution in [0.5, 0.6) is 0 Å². The Balaban J connectivity index is 1.69. The summed E-state index contributed by atoms with van der Waals surface area (Å²) >= 11 is 0. The zero-order valence-corrected chi connectivity index (χ0v) is 15.3. The van der Waals surface area contributed by atoms with Crippen LogP contribution in [0.25, 0.3) is 0 Å². The molecule has 3 rings (SSSR count). The minimum atomic E-state index is 0.158. The van der Waals surface area contributed by atoms with E-state index in [0.29, 0.717) is 18.4 Å². The number of hydrogen-bond donors (Lipinski definition) is 0. The van der Waals surface area contributed by atoms with E-state index in [-0.39, 0.29) is 5.92 Å². The van der Waals surface area contributed by atoms with Crippen LogP contribution in [0.2, 0.25) is 0 Å². The molecule has 0 bridgehead atoms. The molecule has 0 saturated carbocycles. The van der Waals surface area contributed by atoms with E-state index in [4.69, 9.17) is 4.98 Å². The lowest BCUT2D eigenvalue weighted by atomic mass is 9.95. The monoisotopic (exact) mass is 330 g/mol. The van der Waals surface area contributed by atoms with E-state index < -0.39 is 0 Å². The number of carbonyl (C=O) groups excluding carboxylic acids is 1. The number of rotatable bonds is 4. The summed E-state index contributed by atoms with van der Waals surface area (Å²) in [5, 5.41) is 0. The van der Waals surface area contributed by atoms with Gasteiger partial charge in [0.15, 0.2) is 0 Å². The number of hydrogen-bond acceptors (Lipinski definition) is 4. The molecule has 0 atom stereocenters. The van der Waals surface area contributed by atoms with Gasteiger partial charge in [0.1, 0.15) is 5.82 Å². The summed E-state index contributed by atoms with van der Waals surface area (Å²) in [6.07, 6.45) is 6.98. The predicted molar refractivity (Wildman–Crippen MR) is 94.7 cm³/mol. The molecule has 1 saturated heterocycles. The van der Waals surface area contributed by atoms with Crippen LogP contribution in [0, 0.1) is 5.92 Å². The fraction of sp³-hybridized carbons (Fsp3) is 0.737. The Kier molecular flexibility index (Phi) is 5.49. The van der Waals surface area contributed by atoms with E-state index in [1.807, 2.05) is 11.1 Å². The van der Waals surface area contributed by atoms with Crippen molar-refractivity contribution in [3.8, 4) is 0 Å². The van der Waals surface area contributed by atoms with Gasteiger partial charge in [0.2, 0.25) is 5.91 Å². The van der Waals surface area contributed by atoms with E-state index in [2.05, 4.69) is 30.8 Å². The quantitative estimate of drug-likeness (QED) is 0.851. The highest BCUT2D eigenvalue weighted by Gasteiger charge is 2.27. The molecule has 0 aliphatic carbocycles. The van der Waals surface area contributed by atoms with Crippen molar-refractivity contribution < 1.29 is 4.79 Å². The molecule has 2 aliphatic rings. The van der Waals surface area contributed by atoms with Gasteiger partial charge in [-0.15, -0.1) is 0 Å². The van der Waals surface area contributed by atoms with Crippen molar-refractivity contribution in [2.75, 3.05) is 26.7 Å². The first-order valence-electron chi connectivity index (χ1n) is 9.44. The van der Waals surface area contributed by atoms with Crippen molar-refractivity contribution in [1.29, 1.82) is 0 Å². The van der Waals surface area contributed by atoms with Crippen LogP contribution in [0.3, 0.4) is 0 Å². The van der Waals surface area contributed by atoms with Gasteiger partial charge in [-0.3, -0.25) is 4.79 Å². The molecule has 1 aromatic heterocycles. The first-order valence-corrected chi connectivity index (χ1v) is 9.44. The van der Waals surface area contributed by atoms with Crippen molar-refractivity contribution in [2.45, 2.75) is 58.4 Å². The van der Waals surface area contributed by atoms with E-state index >= 15 is 0 Å². The van der Waals surface area contributed by atoms with Crippen molar-refractivity contribution in [2.24, 2.45) is 5.92 Å². The smallest absolute Gasteiger partial charge is 0.225 e. The van der Waals surface area contributed by atoms with Gasteiger partial charge in [-0.1, -0.05) is 13.8 Å². The number of nitrogens with zero attached hydrogens (tertiary/aromatic N) is 4. The molecule has 132 valence electrons. The molecule has 24 heavy (non-hydrogen) atoms. The predicted octanol–water partition coefficient (Wildman–Crippen LogP) is 2.61. The summed E-state index contributed by atoms with van der Waals surface area (Å²) in [6.45, 7) is 7.93. The van der Waals surface area contributed by atoms with Crippen LogP contribution < -0.4 is 0 Å². The molecule has 0 unspecified atom stereocenters. The van der Waals surface area contributed by atoms with Crippen molar-refractivity contribution in [3.63, 3.8) is 0 Å². The van der Waals surface area contributed by atoms with Crippen LogP contribution in [-0.2, 0) is 17.8 Å². The minimum absolute atomic E-state index is 0.158. The fourth-order valence-corrected chi connectivity index (χ4v) is 3.88. The van der Waals surface area contributed by atoms with E-state index in [0.717, 1.165) is 68.8 Å². The summed E-state index contributed by atoms with van der Waals surface area (Å²) in [5.41, 5.74) is 2.30. The molecule has 0 radical (unpaired) electrons. The lowest BCUT2D eigenvalue weighted by Gasteiger charge is -2.32. The average molecular weight is 330 g/mol. The summed E-state index contributed by atoms with van der Waals surface area (Å²) in [4.78, 5) is 26.5. The number of amides is 1. The molecule has 5 heteroatoms. The van der Waals surface area contributed by atoms with Gasteiger partial charge in [0, 0.05) is 43.1 Å². The Morgan fingerprint density at radius 2 is 1.96 bits per heavy atom. The second-order valence-electron chi connectivity index (χ2n) is 7.30. The average Bonchev–Trinajstić information content (AvgIpc) is 2.62. The lowest BCUT2D eigenvalue weighted by Crippen LogP contribution is -2.40. The standard InChI is InChI=1S/C19H30N4O/c1-4-14(5-2)19(24)23-11-8-17-16(13-23)12-20-18(21-17)15-6-9-22(3)10-7-15/h12,14-15H,4-11,13H2,1-3H3. The molecule has 0 spiro atoms. The van der Waals surface area contributed by atoms with Gasteiger partial charge in [-0.25, -0.2) is 9.97 Å². The molecule has 1 fully saturated rings. The number of carbonyl (C=O) groups is 1. The van der Waals surface area contributed by atoms with Gasteiger partial charge in [-0.2, -0.15) is 0 Å². The third kappa shape index (κ3) is 3.61. The highest BCUT2D eigenvalue weighted by atomic mass is 16.2. The molecule has 3 heterocycles. The second-order valence-corrected chi connectivity index (χ2v) is 7.30. The van der Waals surface area contributed by atoms with Crippen LogP contribution in [0.15, 0.2) is 6.20 Å². The Morgan fingerprint density at radius 1 is 1.25 bits per heavy atom. The first-order chi connectivity index (χ1) is 11.6. The molecular formula is C19H30N4O. The van der Waals surface area contributed by atoms with Crippen LogP contribution in [0.4, 0.5) is 0 Å². The normalized spacial score (nSPS) is 19.6. The Hall–Kier alpha value is -1.49. The second kappa shape index (κ2) is 7.60. The SMILES string of the molecule is CCC(CC)C(=O)N1CCc2nc(C3CCN(C)CC3)ncc2C1. The van der Waals surface area contributed by atoms with Gasteiger partial charge in [-0.05, 0) is 45.8 Å². The van der Waals surface area contributed by atoms with E-state index in [1.54, 1.807) is 0 Å². The van der Waals surface area contributed by atoms with Crippen LogP contribution in [-0.4, -0.2) is 52.4 Å². The van der Waals surface area contributed by atoms with Gasteiger partial charge < -0.3 is 9.80 Å². The van der Waals surface area contributed by atoms with Crippen LogP contribution >= 0.6 is 0 Å². The zero-order chi connectivity index (χ0) is 17.1. The number of fused-ring (bicyclic) bond motifs is 1. The maximum absolute atomic E-state index is 12.6. The maximum Gasteiger partial charge on any atom is 0.225 e. The summed E-state index contributed by atoms with van der Waals surface area (Å²) in [7, 11) is 2.18. The molecule has 1 aromatic rings. The van der Waals surface area contributed by atoms with E-state index in [9.17, 15) is 4.79 Å². The third-order valence-electron chi connectivity index (χ3n) is 5.68. The molecular weight excluding hydrogens is 300 g/mol. The first kappa shape index (κ1) is 17.3. The fourth-order valence-electron chi connectivity index (χ4n) is 3.88. The molecule has 2 aliphatic heterocycles. The van der Waals surface area contributed by atoms with Gasteiger partial charge in [0.05, 0.1) is 5.69 Å². The van der Waals surface area contributed by atoms with Crippen molar-refractivity contribution in [3.05, 3.63) is 23.3 Å². The summed E-state index contributed by atoms with van der Waals surface area (Å²) < 4.78 is 0. The maximum atomic E-state index is 12.6. The Morgan fingerprint density at radius 3 is 2.62 bits per heavy atom. The summed E-state index contributed by atoms with van der Waals surface area (Å²) in [6, 6.07) is 0. The van der Waals surface area contributed by atoms with Crippen LogP contribution in [0.1, 0.15) is 62.5 Å². The Bertz CT molecular complexity index is 577. The highest BCUT2D eigenvalue weighted by Crippen LogP contribution is 2.27. The molecule has 0 N–H and O–H groups in total. The van der Waals surface area contributed by atoms with Gasteiger partial charge in [0.25, 0.3) is 0 Å². The topological polar surface area (TPSA) is 49.3 Å².